The third-order valence-corrected chi connectivity index (χ3v) is 5.08. The number of nitrogens with zero attached hydrogens (tertiary/aromatic N) is 3. The Hall–Kier alpha value is -3.82. The van der Waals surface area contributed by atoms with Crippen molar-refractivity contribution < 1.29 is 22.9 Å². The average molecular weight is 428 g/mol. The van der Waals surface area contributed by atoms with E-state index in [2.05, 4.69) is 5.32 Å². The molecule has 9 nitrogen and oxygen atoms in total. The molecule has 162 valence electrons. The molecule has 1 N–H and O–H groups in total. The molecule has 31 heavy (non-hydrogen) atoms. The minimum Gasteiger partial charge on any atom is -0.459 e. The highest BCUT2D eigenvalue weighted by molar-refractivity contribution is 5.91. The van der Waals surface area contributed by atoms with Crippen LogP contribution in [-0.4, -0.2) is 47.6 Å². The number of hydrogen-bond acceptors (Lipinski definition) is 6. The topological polar surface area (TPSA) is 101 Å². The summed E-state index contributed by atoms with van der Waals surface area (Å²) in [7, 11) is 0. The van der Waals surface area contributed by atoms with E-state index in [1.54, 1.807) is 29.2 Å². The zero-order valence-corrected chi connectivity index (χ0v) is 16.8. The lowest BCUT2D eigenvalue weighted by Gasteiger charge is -2.35. The van der Waals surface area contributed by atoms with Gasteiger partial charge in [-0.2, -0.15) is 4.74 Å². The van der Waals surface area contributed by atoms with Gasteiger partial charge >= 0.3 is 5.63 Å². The first-order valence-electron chi connectivity index (χ1n) is 9.75. The van der Waals surface area contributed by atoms with Crippen LogP contribution in [0.3, 0.4) is 0 Å². The van der Waals surface area contributed by atoms with Crippen molar-refractivity contribution in [1.82, 2.24) is 15.0 Å². The number of furan rings is 1. The molecule has 2 amide bonds. The van der Waals surface area contributed by atoms with Crippen LogP contribution in [0.15, 0.2) is 56.5 Å². The minimum atomic E-state index is -0.623. The number of anilines is 1. The third-order valence-electron chi connectivity index (χ3n) is 5.08. The van der Waals surface area contributed by atoms with Crippen molar-refractivity contribution in [1.29, 1.82) is 0 Å². The number of hydrogen-bond donors (Lipinski definition) is 1. The summed E-state index contributed by atoms with van der Waals surface area (Å²) in [6, 6.07) is 7.82. The van der Waals surface area contributed by atoms with E-state index in [-0.39, 0.29) is 29.8 Å². The van der Waals surface area contributed by atoms with E-state index >= 15 is 0 Å². The fourth-order valence-electron chi connectivity index (χ4n) is 3.48. The molecule has 0 spiro atoms. The zero-order valence-electron chi connectivity index (χ0n) is 16.8. The summed E-state index contributed by atoms with van der Waals surface area (Å²) < 4.78 is 26.2. The summed E-state index contributed by atoms with van der Waals surface area (Å²) in [5.74, 6) is -0.638. The van der Waals surface area contributed by atoms with Gasteiger partial charge in [0.05, 0.1) is 23.7 Å². The maximum Gasteiger partial charge on any atom is 0.365 e. The Morgan fingerprint density at radius 2 is 1.94 bits per heavy atom. The Kier molecular flexibility index (Phi) is 5.61. The van der Waals surface area contributed by atoms with Gasteiger partial charge in [-0.25, -0.2) is 9.18 Å². The first-order valence-corrected chi connectivity index (χ1v) is 9.75. The molecule has 1 aromatic carbocycles. The van der Waals surface area contributed by atoms with Gasteiger partial charge in [-0.1, -0.05) is 6.07 Å². The van der Waals surface area contributed by atoms with Crippen LogP contribution in [0.4, 0.5) is 10.1 Å². The molecule has 0 aliphatic carbocycles. The molecule has 3 aromatic rings. The van der Waals surface area contributed by atoms with Crippen LogP contribution in [-0.2, 0) is 11.5 Å². The molecule has 10 heteroatoms. The van der Waals surface area contributed by atoms with E-state index < -0.39 is 11.4 Å². The quantitative estimate of drug-likeness (QED) is 0.666. The highest BCUT2D eigenvalue weighted by atomic mass is 19.1. The molecule has 0 unspecified atom stereocenters. The lowest BCUT2D eigenvalue weighted by molar-refractivity contribution is -0.119. The molecular formula is C21H21FN4O5. The van der Waals surface area contributed by atoms with Crippen molar-refractivity contribution in [3.63, 3.8) is 0 Å². The van der Waals surface area contributed by atoms with E-state index in [9.17, 15) is 18.8 Å². The van der Waals surface area contributed by atoms with Crippen molar-refractivity contribution in [3.8, 4) is 11.1 Å². The summed E-state index contributed by atoms with van der Waals surface area (Å²) >= 11 is 0. The molecule has 0 saturated carbocycles. The normalized spacial score (nSPS) is 14.0. The van der Waals surface area contributed by atoms with Gasteiger partial charge < -0.3 is 24.1 Å². The van der Waals surface area contributed by atoms with Crippen LogP contribution in [0.1, 0.15) is 17.5 Å². The van der Waals surface area contributed by atoms with Crippen LogP contribution in [0.5, 0.6) is 0 Å². The van der Waals surface area contributed by atoms with Crippen molar-refractivity contribution >= 4 is 17.5 Å². The Bertz CT molecular complexity index is 1140. The predicted molar refractivity (Wildman–Crippen MR) is 109 cm³/mol. The van der Waals surface area contributed by atoms with Gasteiger partial charge in [-0.3, -0.25) is 9.59 Å². The molecule has 4 rings (SSSR count). The number of aromatic nitrogens is 1. The summed E-state index contributed by atoms with van der Waals surface area (Å²) in [4.78, 5) is 39.0. The summed E-state index contributed by atoms with van der Waals surface area (Å²) in [6.07, 6.45) is 2.88. The number of rotatable bonds is 5. The molecule has 1 saturated heterocycles. The van der Waals surface area contributed by atoms with E-state index in [0.717, 1.165) is 0 Å². The van der Waals surface area contributed by atoms with Crippen LogP contribution >= 0.6 is 0 Å². The molecule has 1 aliphatic rings. The SMILES string of the molecule is CC(=O)NCn1cc(-c2ccc(N3CCN(C(=O)c4ccco4)CC3)c(F)c2)c(=O)o1. The maximum absolute atomic E-state index is 14.9. The number of carbonyl (C=O) groups is 2. The minimum absolute atomic E-state index is 0.00609. The molecule has 1 aliphatic heterocycles. The highest BCUT2D eigenvalue weighted by Gasteiger charge is 2.25. The van der Waals surface area contributed by atoms with Crippen molar-refractivity contribution in [2.75, 3.05) is 31.1 Å². The van der Waals surface area contributed by atoms with E-state index in [0.29, 0.717) is 37.4 Å². The fourth-order valence-corrected chi connectivity index (χ4v) is 3.48. The number of carbonyl (C=O) groups excluding carboxylic acids is 2. The smallest absolute Gasteiger partial charge is 0.365 e. The van der Waals surface area contributed by atoms with Gasteiger partial charge in [0.25, 0.3) is 5.91 Å². The summed E-state index contributed by atoms with van der Waals surface area (Å²) in [5, 5.41) is 2.51. The molecule has 1 fully saturated rings. The van der Waals surface area contributed by atoms with Crippen molar-refractivity contribution in [2.24, 2.45) is 0 Å². The largest absolute Gasteiger partial charge is 0.459 e. The monoisotopic (exact) mass is 428 g/mol. The molecule has 0 atom stereocenters. The van der Waals surface area contributed by atoms with Crippen molar-refractivity contribution in [2.45, 2.75) is 13.6 Å². The van der Waals surface area contributed by atoms with Gasteiger partial charge in [-0.05, 0) is 29.8 Å². The second-order valence-corrected chi connectivity index (χ2v) is 7.15. The second-order valence-electron chi connectivity index (χ2n) is 7.15. The molecule has 0 radical (unpaired) electrons. The highest BCUT2D eigenvalue weighted by Crippen LogP contribution is 2.26. The van der Waals surface area contributed by atoms with Gasteiger partial charge in [0.2, 0.25) is 5.91 Å². The number of halogens is 1. The van der Waals surface area contributed by atoms with Crippen LogP contribution in [0.2, 0.25) is 0 Å². The lowest BCUT2D eigenvalue weighted by Crippen LogP contribution is -2.49. The Morgan fingerprint density at radius 1 is 1.16 bits per heavy atom. The Labute approximate surface area is 176 Å². The van der Waals surface area contributed by atoms with Gasteiger partial charge in [0.15, 0.2) is 5.76 Å². The van der Waals surface area contributed by atoms with Gasteiger partial charge in [0, 0.05) is 33.1 Å². The number of amides is 2. The Morgan fingerprint density at radius 3 is 2.58 bits per heavy atom. The number of piperazine rings is 1. The van der Waals surface area contributed by atoms with E-state index in [1.807, 2.05) is 4.90 Å². The molecular weight excluding hydrogens is 407 g/mol. The maximum atomic E-state index is 14.9. The second kappa shape index (κ2) is 8.50. The first kappa shape index (κ1) is 20.5. The average Bonchev–Trinajstić information content (AvgIpc) is 3.42. The molecule has 2 aromatic heterocycles. The predicted octanol–water partition coefficient (Wildman–Crippen LogP) is 1.90. The van der Waals surface area contributed by atoms with E-state index in [1.165, 1.54) is 30.2 Å². The van der Waals surface area contributed by atoms with Crippen molar-refractivity contribution in [3.05, 3.63) is 64.8 Å². The van der Waals surface area contributed by atoms with Crippen LogP contribution in [0.25, 0.3) is 11.1 Å². The van der Waals surface area contributed by atoms with Crippen LogP contribution < -0.4 is 15.8 Å². The summed E-state index contributed by atoms with van der Waals surface area (Å²) in [5.41, 5.74) is 0.353. The number of nitrogens with one attached hydrogen (secondary N) is 1. The van der Waals surface area contributed by atoms with Gasteiger partial charge in [0.1, 0.15) is 12.5 Å². The molecule has 3 heterocycles. The number of benzene rings is 1. The van der Waals surface area contributed by atoms with Gasteiger partial charge in [-0.15, -0.1) is 0 Å². The van der Waals surface area contributed by atoms with Crippen LogP contribution in [0, 0.1) is 5.82 Å². The lowest BCUT2D eigenvalue weighted by atomic mass is 10.1. The fraction of sp³-hybridized carbons (Fsp3) is 0.286. The Balaban J connectivity index is 1.44. The first-order chi connectivity index (χ1) is 14.9. The molecule has 0 bridgehead atoms. The summed E-state index contributed by atoms with van der Waals surface area (Å²) in [6.45, 7) is 3.18. The zero-order chi connectivity index (χ0) is 22.0. The standard InChI is InChI=1S/C21H21FN4O5/c1-14(27)23-13-26-12-16(21(29)31-26)15-4-5-18(17(22)11-15)24-6-8-25(9-7-24)20(28)19-3-2-10-30-19/h2-5,10-12H,6-9,13H2,1H3,(H,23,27). The van der Waals surface area contributed by atoms with E-state index in [4.69, 9.17) is 8.94 Å². The third kappa shape index (κ3) is 4.37.